The molecule has 2 aromatic carbocycles. The van der Waals surface area contributed by atoms with Gasteiger partial charge in [0.25, 0.3) is 5.91 Å². The lowest BCUT2D eigenvalue weighted by molar-refractivity contribution is -0.118. The number of anilines is 1. The van der Waals surface area contributed by atoms with Crippen LogP contribution in [0, 0.1) is 25.2 Å². The second-order valence-electron chi connectivity index (χ2n) is 5.74. The molecule has 0 radical (unpaired) electrons. The number of hydrogen-bond donors (Lipinski definition) is 2. The Labute approximate surface area is 158 Å². The molecule has 0 fully saturated rings. The summed E-state index contributed by atoms with van der Waals surface area (Å²) in [6, 6.07) is 14.6. The first kappa shape index (κ1) is 19.2. The quantitative estimate of drug-likeness (QED) is 0.465. The van der Waals surface area contributed by atoms with E-state index >= 15 is 0 Å². The molecule has 0 aliphatic carbocycles. The van der Waals surface area contributed by atoms with Gasteiger partial charge in [-0.05, 0) is 60.9 Å². The monoisotopic (exact) mass is 365 g/mol. The molecule has 0 heterocycles. The molecule has 0 aromatic heterocycles. The zero-order chi connectivity index (χ0) is 19.1. The van der Waals surface area contributed by atoms with E-state index in [9.17, 15) is 4.79 Å². The number of nitrogens with one attached hydrogen (secondary N) is 1. The number of aryl methyl sites for hydroxylation is 2. The van der Waals surface area contributed by atoms with Crippen LogP contribution in [-0.2, 0) is 4.79 Å². The minimum absolute atomic E-state index is 0.0517. The summed E-state index contributed by atoms with van der Waals surface area (Å²) in [5, 5.41) is 11.8. The van der Waals surface area contributed by atoms with Gasteiger partial charge in [-0.2, -0.15) is 5.26 Å². The number of hydrogen-bond acceptors (Lipinski definition) is 4. The third-order valence-electron chi connectivity index (χ3n) is 3.74. The Hall–Kier alpha value is -3.17. The van der Waals surface area contributed by atoms with Gasteiger partial charge in [0.2, 0.25) is 0 Å². The Morgan fingerprint density at radius 1 is 1.23 bits per heavy atom. The van der Waals surface area contributed by atoms with E-state index < -0.39 is 0 Å². The van der Waals surface area contributed by atoms with Gasteiger partial charge in [0.15, 0.2) is 6.61 Å². The summed E-state index contributed by atoms with van der Waals surface area (Å²) in [7, 11) is 0. The minimum atomic E-state index is -0.238. The van der Waals surface area contributed by atoms with Gasteiger partial charge >= 0.3 is 0 Å². The van der Waals surface area contributed by atoms with Gasteiger partial charge in [0.1, 0.15) is 16.8 Å². The molecule has 3 N–H and O–H groups in total. The zero-order valence-electron chi connectivity index (χ0n) is 14.6. The average Bonchev–Trinajstić information content (AvgIpc) is 2.61. The molecular weight excluding hydrogens is 346 g/mol. The number of carbonyl (C=O) groups is 1. The van der Waals surface area contributed by atoms with Gasteiger partial charge in [0.05, 0.1) is 5.57 Å². The number of nitrogens with zero attached hydrogens (tertiary/aromatic N) is 1. The van der Waals surface area contributed by atoms with Crippen LogP contribution in [0.2, 0.25) is 0 Å². The molecule has 1 amide bonds. The molecule has 6 heteroatoms. The summed E-state index contributed by atoms with van der Waals surface area (Å²) >= 11 is 4.80. The predicted octanol–water partition coefficient (Wildman–Crippen LogP) is 3.51. The third kappa shape index (κ3) is 5.43. The largest absolute Gasteiger partial charge is 0.484 e. The van der Waals surface area contributed by atoms with Crippen LogP contribution in [0.4, 0.5) is 5.69 Å². The van der Waals surface area contributed by atoms with Crippen molar-refractivity contribution >= 4 is 34.9 Å². The molecule has 0 aliphatic heterocycles. The molecule has 5 nitrogen and oxygen atoms in total. The van der Waals surface area contributed by atoms with Gasteiger partial charge < -0.3 is 15.8 Å². The van der Waals surface area contributed by atoms with E-state index in [4.69, 9.17) is 28.0 Å². The lowest BCUT2D eigenvalue weighted by Crippen LogP contribution is -2.20. The van der Waals surface area contributed by atoms with Crippen molar-refractivity contribution in [1.29, 1.82) is 5.26 Å². The van der Waals surface area contributed by atoms with Crippen LogP contribution in [0.3, 0.4) is 0 Å². The van der Waals surface area contributed by atoms with Crippen molar-refractivity contribution in [1.82, 2.24) is 0 Å². The van der Waals surface area contributed by atoms with Crippen molar-refractivity contribution in [3.63, 3.8) is 0 Å². The highest BCUT2D eigenvalue weighted by Crippen LogP contribution is 2.16. The van der Waals surface area contributed by atoms with Crippen LogP contribution in [0.25, 0.3) is 6.08 Å². The maximum absolute atomic E-state index is 12.0. The Bertz CT molecular complexity index is 896. The third-order valence-corrected chi connectivity index (χ3v) is 3.96. The SMILES string of the molecule is Cc1ccc(NC(=O)COc2ccc(C=C(C#N)C(N)=S)cc2)cc1C. The van der Waals surface area contributed by atoms with Gasteiger partial charge in [0, 0.05) is 5.69 Å². The highest BCUT2D eigenvalue weighted by atomic mass is 32.1. The van der Waals surface area contributed by atoms with Crippen molar-refractivity contribution in [2.45, 2.75) is 13.8 Å². The molecular formula is C20H19N3O2S. The Balaban J connectivity index is 1.93. The van der Waals surface area contributed by atoms with E-state index in [0.717, 1.165) is 16.8 Å². The Morgan fingerprint density at radius 3 is 2.50 bits per heavy atom. The van der Waals surface area contributed by atoms with E-state index in [0.29, 0.717) is 5.75 Å². The summed E-state index contributed by atoms with van der Waals surface area (Å²) in [6.07, 6.45) is 1.60. The van der Waals surface area contributed by atoms with Gasteiger partial charge in [-0.15, -0.1) is 0 Å². The maximum Gasteiger partial charge on any atom is 0.262 e. The average molecular weight is 365 g/mol. The van der Waals surface area contributed by atoms with Crippen LogP contribution in [0.5, 0.6) is 5.75 Å². The minimum Gasteiger partial charge on any atom is -0.484 e. The fraction of sp³-hybridized carbons (Fsp3) is 0.150. The van der Waals surface area contributed by atoms with Crippen LogP contribution in [0.1, 0.15) is 16.7 Å². The molecule has 0 spiro atoms. The van der Waals surface area contributed by atoms with Gasteiger partial charge in [-0.25, -0.2) is 0 Å². The number of rotatable bonds is 6. The molecule has 132 valence electrons. The molecule has 2 aromatic rings. The Kier molecular flexibility index (Phi) is 6.48. The van der Waals surface area contributed by atoms with Crippen LogP contribution in [-0.4, -0.2) is 17.5 Å². The normalized spacial score (nSPS) is 10.7. The van der Waals surface area contributed by atoms with E-state index in [1.165, 1.54) is 5.56 Å². The zero-order valence-corrected chi connectivity index (χ0v) is 15.4. The number of thiocarbonyl (C=S) groups is 1. The number of benzene rings is 2. The Morgan fingerprint density at radius 2 is 1.92 bits per heavy atom. The van der Waals surface area contributed by atoms with E-state index in [1.807, 2.05) is 38.1 Å². The smallest absolute Gasteiger partial charge is 0.262 e. The molecule has 0 aliphatic rings. The van der Waals surface area contributed by atoms with Gasteiger partial charge in [-0.3, -0.25) is 4.79 Å². The number of carbonyl (C=O) groups excluding carboxylic acids is 1. The van der Waals surface area contributed by atoms with Crippen molar-refractivity contribution < 1.29 is 9.53 Å². The molecule has 0 saturated carbocycles. The first-order chi connectivity index (χ1) is 12.4. The van der Waals surface area contributed by atoms with Crippen molar-refractivity contribution in [2.75, 3.05) is 11.9 Å². The molecule has 26 heavy (non-hydrogen) atoms. The summed E-state index contributed by atoms with van der Waals surface area (Å²) in [4.78, 5) is 12.1. The fourth-order valence-corrected chi connectivity index (χ4v) is 2.26. The first-order valence-corrected chi connectivity index (χ1v) is 8.31. The second-order valence-corrected chi connectivity index (χ2v) is 6.18. The molecule has 0 unspecified atom stereocenters. The number of ether oxygens (including phenoxy) is 1. The molecule has 0 bridgehead atoms. The van der Waals surface area contributed by atoms with Crippen molar-refractivity contribution in [3.05, 3.63) is 64.7 Å². The highest BCUT2D eigenvalue weighted by molar-refractivity contribution is 7.80. The second kappa shape index (κ2) is 8.79. The summed E-state index contributed by atoms with van der Waals surface area (Å²) in [6.45, 7) is 3.91. The van der Waals surface area contributed by atoms with Crippen LogP contribution < -0.4 is 15.8 Å². The highest BCUT2D eigenvalue weighted by Gasteiger charge is 2.05. The fourth-order valence-electron chi connectivity index (χ4n) is 2.15. The molecule has 2 rings (SSSR count). The van der Waals surface area contributed by atoms with Gasteiger partial charge in [-0.1, -0.05) is 30.4 Å². The van der Waals surface area contributed by atoms with E-state index in [-0.39, 0.29) is 23.1 Å². The van der Waals surface area contributed by atoms with Crippen LogP contribution >= 0.6 is 12.2 Å². The van der Waals surface area contributed by atoms with Crippen molar-refractivity contribution in [2.24, 2.45) is 5.73 Å². The number of amides is 1. The van der Waals surface area contributed by atoms with E-state index in [2.05, 4.69) is 5.32 Å². The lowest BCUT2D eigenvalue weighted by atomic mass is 10.1. The van der Waals surface area contributed by atoms with Crippen molar-refractivity contribution in [3.8, 4) is 11.8 Å². The number of nitrogens with two attached hydrogens (primary N) is 1. The standard InChI is InChI=1S/C20H19N3O2S/c1-13-3-6-17(9-14(13)2)23-19(24)12-25-18-7-4-15(5-8-18)10-16(11-21)20(22)26/h3-10H,12H2,1-2H3,(H2,22,26)(H,23,24). The first-order valence-electron chi connectivity index (χ1n) is 7.90. The topological polar surface area (TPSA) is 88.1 Å². The lowest BCUT2D eigenvalue weighted by Gasteiger charge is -2.09. The number of nitriles is 1. The van der Waals surface area contributed by atoms with Crippen LogP contribution in [0.15, 0.2) is 48.0 Å². The summed E-state index contributed by atoms with van der Waals surface area (Å²) in [5.74, 6) is 0.309. The summed E-state index contributed by atoms with van der Waals surface area (Å²) in [5.41, 5.74) is 9.48. The summed E-state index contributed by atoms with van der Waals surface area (Å²) < 4.78 is 5.48. The van der Waals surface area contributed by atoms with E-state index in [1.54, 1.807) is 30.3 Å². The molecule has 0 atom stereocenters. The molecule has 0 saturated heterocycles. The maximum atomic E-state index is 12.0. The predicted molar refractivity (Wildman–Crippen MR) is 107 cm³/mol.